The Bertz CT molecular complexity index is 464. The number of nitrogens with zero attached hydrogens (tertiary/aromatic N) is 3. The topological polar surface area (TPSA) is 52.0 Å². The number of nitrogens with one attached hydrogen (secondary N) is 1. The predicted molar refractivity (Wildman–Crippen MR) is 77.1 cm³/mol. The van der Waals surface area contributed by atoms with E-state index in [1.54, 1.807) is 0 Å². The molecule has 0 aliphatic carbocycles. The Hall–Kier alpha value is -1.60. The average molecular weight is 258 g/mol. The summed E-state index contributed by atoms with van der Waals surface area (Å²) in [5, 5.41) is 12.4. The number of aryl methyl sites for hydroxylation is 1. The van der Waals surface area contributed by atoms with Gasteiger partial charge in [-0.15, -0.1) is 0 Å². The molecule has 4 heteroatoms. The number of pyridine rings is 1. The van der Waals surface area contributed by atoms with Gasteiger partial charge in [0, 0.05) is 12.6 Å². The van der Waals surface area contributed by atoms with E-state index in [0.29, 0.717) is 11.7 Å². The predicted octanol–water partition coefficient (Wildman–Crippen LogP) is 2.55. The van der Waals surface area contributed by atoms with E-state index in [9.17, 15) is 0 Å². The highest BCUT2D eigenvalue weighted by molar-refractivity contribution is 5.42. The van der Waals surface area contributed by atoms with Gasteiger partial charge in [-0.05, 0) is 44.5 Å². The molecule has 2 heterocycles. The molecule has 1 aliphatic rings. The molecule has 1 aromatic heterocycles. The van der Waals surface area contributed by atoms with Crippen molar-refractivity contribution in [1.29, 1.82) is 5.26 Å². The van der Waals surface area contributed by atoms with Gasteiger partial charge in [0.15, 0.2) is 0 Å². The number of hydrogen-bond acceptors (Lipinski definition) is 4. The Balaban J connectivity index is 1.96. The fourth-order valence-corrected chi connectivity index (χ4v) is 2.67. The lowest BCUT2D eigenvalue weighted by Gasteiger charge is -2.35. The van der Waals surface area contributed by atoms with Gasteiger partial charge in [-0.1, -0.05) is 19.4 Å². The highest BCUT2D eigenvalue weighted by atomic mass is 15.2. The molecular weight excluding hydrogens is 236 g/mol. The van der Waals surface area contributed by atoms with Crippen LogP contribution in [0.2, 0.25) is 0 Å². The maximum absolute atomic E-state index is 8.99. The Labute approximate surface area is 115 Å². The number of hydrogen-bond donors (Lipinski definition) is 1. The van der Waals surface area contributed by atoms with Crippen LogP contribution in [0, 0.1) is 18.3 Å². The van der Waals surface area contributed by atoms with Crippen molar-refractivity contribution in [2.24, 2.45) is 0 Å². The van der Waals surface area contributed by atoms with E-state index in [-0.39, 0.29) is 0 Å². The van der Waals surface area contributed by atoms with Crippen molar-refractivity contribution in [2.75, 3.05) is 25.0 Å². The normalized spacial score (nSPS) is 19.9. The molecule has 19 heavy (non-hydrogen) atoms. The largest absolute Gasteiger partial charge is 0.368 e. The van der Waals surface area contributed by atoms with E-state index in [4.69, 9.17) is 5.26 Å². The summed E-state index contributed by atoms with van der Waals surface area (Å²) in [6, 6.07) is 6.63. The molecule has 0 bridgehead atoms. The number of piperidine rings is 1. The Kier molecular flexibility index (Phi) is 4.75. The first kappa shape index (κ1) is 13.8. The number of rotatable bonds is 4. The van der Waals surface area contributed by atoms with Crippen molar-refractivity contribution >= 4 is 5.82 Å². The zero-order valence-corrected chi connectivity index (χ0v) is 11.8. The fraction of sp³-hybridized carbons (Fsp3) is 0.600. The maximum atomic E-state index is 8.99. The number of nitriles is 1. The molecular formula is C15H22N4. The Morgan fingerprint density at radius 2 is 2.32 bits per heavy atom. The van der Waals surface area contributed by atoms with Gasteiger partial charge in [0.25, 0.3) is 0 Å². The summed E-state index contributed by atoms with van der Waals surface area (Å²) in [5.74, 6) is 0.809. The smallest absolute Gasteiger partial charge is 0.145 e. The highest BCUT2D eigenvalue weighted by Gasteiger charge is 2.20. The van der Waals surface area contributed by atoms with Crippen molar-refractivity contribution in [3.8, 4) is 6.07 Å². The van der Waals surface area contributed by atoms with Crippen LogP contribution in [-0.2, 0) is 0 Å². The third kappa shape index (κ3) is 3.45. The lowest BCUT2D eigenvalue weighted by Crippen LogP contribution is -2.43. The standard InChI is InChI=1S/C15H22N4/c1-3-19-9-5-4-6-13(19)11-17-15-8-7-12(2)14(10-16)18-15/h7-8,13H,3-6,9,11H2,1-2H3,(H,17,18). The zero-order valence-electron chi connectivity index (χ0n) is 11.8. The van der Waals surface area contributed by atoms with Crippen LogP contribution in [0.15, 0.2) is 12.1 Å². The van der Waals surface area contributed by atoms with Crippen LogP contribution in [0.25, 0.3) is 0 Å². The SMILES string of the molecule is CCN1CCCCC1CNc1ccc(C)c(C#N)n1. The van der Waals surface area contributed by atoms with Crippen molar-refractivity contribution in [3.05, 3.63) is 23.4 Å². The Morgan fingerprint density at radius 1 is 1.47 bits per heavy atom. The van der Waals surface area contributed by atoms with Crippen molar-refractivity contribution in [1.82, 2.24) is 9.88 Å². The average Bonchev–Trinajstić information content (AvgIpc) is 2.46. The Morgan fingerprint density at radius 3 is 3.05 bits per heavy atom. The minimum absolute atomic E-state index is 0.515. The molecule has 1 aromatic rings. The summed E-state index contributed by atoms with van der Waals surface area (Å²) in [6.07, 6.45) is 3.87. The van der Waals surface area contributed by atoms with Gasteiger partial charge in [0.1, 0.15) is 17.6 Å². The number of anilines is 1. The molecule has 0 spiro atoms. The second-order valence-electron chi connectivity index (χ2n) is 5.13. The summed E-state index contributed by atoms with van der Waals surface area (Å²) in [4.78, 5) is 6.86. The molecule has 0 saturated carbocycles. The third-order valence-corrected chi connectivity index (χ3v) is 3.88. The minimum atomic E-state index is 0.515. The van der Waals surface area contributed by atoms with Crippen LogP contribution in [0.3, 0.4) is 0 Å². The van der Waals surface area contributed by atoms with Gasteiger partial charge in [-0.3, -0.25) is 4.90 Å². The number of likely N-dealkylation sites (tertiary alicyclic amines) is 1. The molecule has 1 unspecified atom stereocenters. The molecule has 102 valence electrons. The molecule has 0 radical (unpaired) electrons. The van der Waals surface area contributed by atoms with Crippen molar-refractivity contribution in [2.45, 2.75) is 39.2 Å². The van der Waals surface area contributed by atoms with Crippen LogP contribution in [0.4, 0.5) is 5.82 Å². The van der Waals surface area contributed by atoms with E-state index in [1.807, 2.05) is 19.1 Å². The van der Waals surface area contributed by atoms with Crippen LogP contribution in [0.1, 0.15) is 37.4 Å². The monoisotopic (exact) mass is 258 g/mol. The van der Waals surface area contributed by atoms with E-state index in [0.717, 1.165) is 24.5 Å². The molecule has 1 atom stereocenters. The van der Waals surface area contributed by atoms with Crippen LogP contribution < -0.4 is 5.32 Å². The van der Waals surface area contributed by atoms with Gasteiger partial charge in [-0.2, -0.15) is 5.26 Å². The summed E-state index contributed by atoms with van der Waals surface area (Å²) in [6.45, 7) is 7.35. The molecule has 1 fully saturated rings. The van der Waals surface area contributed by atoms with Crippen LogP contribution in [0.5, 0.6) is 0 Å². The van der Waals surface area contributed by atoms with E-state index in [2.05, 4.69) is 28.2 Å². The van der Waals surface area contributed by atoms with Crippen LogP contribution in [-0.4, -0.2) is 35.6 Å². The summed E-state index contributed by atoms with van der Waals surface area (Å²) in [5.41, 5.74) is 1.45. The first-order valence-corrected chi connectivity index (χ1v) is 7.10. The molecule has 4 nitrogen and oxygen atoms in total. The van der Waals surface area contributed by atoms with Gasteiger partial charge in [0.05, 0.1) is 0 Å². The van der Waals surface area contributed by atoms with E-state index < -0.39 is 0 Å². The third-order valence-electron chi connectivity index (χ3n) is 3.88. The first-order chi connectivity index (χ1) is 9.24. The maximum Gasteiger partial charge on any atom is 0.145 e. The summed E-state index contributed by atoms with van der Waals surface area (Å²) >= 11 is 0. The van der Waals surface area contributed by atoms with E-state index >= 15 is 0 Å². The van der Waals surface area contributed by atoms with Gasteiger partial charge in [-0.25, -0.2) is 4.98 Å². The molecule has 2 rings (SSSR count). The lowest BCUT2D eigenvalue weighted by molar-refractivity contribution is 0.164. The first-order valence-electron chi connectivity index (χ1n) is 7.10. The van der Waals surface area contributed by atoms with Crippen LogP contribution >= 0.6 is 0 Å². The summed E-state index contributed by atoms with van der Waals surface area (Å²) in [7, 11) is 0. The highest BCUT2D eigenvalue weighted by Crippen LogP contribution is 2.17. The van der Waals surface area contributed by atoms with Gasteiger partial charge < -0.3 is 5.32 Å². The lowest BCUT2D eigenvalue weighted by atomic mass is 10.0. The van der Waals surface area contributed by atoms with Gasteiger partial charge >= 0.3 is 0 Å². The zero-order chi connectivity index (χ0) is 13.7. The minimum Gasteiger partial charge on any atom is -0.368 e. The van der Waals surface area contributed by atoms with Crippen molar-refractivity contribution in [3.63, 3.8) is 0 Å². The van der Waals surface area contributed by atoms with Gasteiger partial charge in [0.2, 0.25) is 0 Å². The molecule has 0 amide bonds. The molecule has 1 N–H and O–H groups in total. The molecule has 1 aliphatic heterocycles. The second kappa shape index (κ2) is 6.53. The fourth-order valence-electron chi connectivity index (χ4n) is 2.67. The quantitative estimate of drug-likeness (QED) is 0.901. The van der Waals surface area contributed by atoms with E-state index in [1.165, 1.54) is 25.8 Å². The second-order valence-corrected chi connectivity index (χ2v) is 5.13. The molecule has 1 saturated heterocycles. The number of likely N-dealkylation sites (N-methyl/N-ethyl adjacent to an activating group) is 1. The van der Waals surface area contributed by atoms with Crippen molar-refractivity contribution < 1.29 is 0 Å². The number of aromatic nitrogens is 1. The molecule has 0 aromatic carbocycles. The summed E-state index contributed by atoms with van der Waals surface area (Å²) < 4.78 is 0.